The van der Waals surface area contributed by atoms with Crippen LogP contribution in [-0.2, 0) is 9.59 Å². The monoisotopic (exact) mass is 291 g/mol. The Morgan fingerprint density at radius 1 is 1.33 bits per heavy atom. The van der Waals surface area contributed by atoms with Crippen LogP contribution in [0.2, 0.25) is 0 Å². The van der Waals surface area contributed by atoms with Crippen molar-refractivity contribution in [3.8, 4) is 5.75 Å². The molecule has 0 saturated carbocycles. The number of ether oxygens (including phenoxy) is 1. The number of rotatable bonds is 5. The van der Waals surface area contributed by atoms with E-state index in [9.17, 15) is 14.7 Å². The quantitative estimate of drug-likeness (QED) is 0.901. The molecular formula is C16H21NO4. The molecule has 1 atom stereocenters. The smallest absolute Gasteiger partial charge is 0.311 e. The highest BCUT2D eigenvalue weighted by Crippen LogP contribution is 2.38. The lowest BCUT2D eigenvalue weighted by Gasteiger charge is -2.28. The first-order chi connectivity index (χ1) is 9.95. The van der Waals surface area contributed by atoms with Gasteiger partial charge < -0.3 is 14.7 Å². The molecule has 1 unspecified atom stereocenters. The van der Waals surface area contributed by atoms with E-state index in [0.717, 1.165) is 0 Å². The van der Waals surface area contributed by atoms with Crippen LogP contribution in [0.4, 0.5) is 0 Å². The number of nitrogens with zero attached hydrogens (tertiary/aromatic N) is 1. The van der Waals surface area contributed by atoms with Gasteiger partial charge in [-0.1, -0.05) is 32.0 Å². The van der Waals surface area contributed by atoms with Gasteiger partial charge >= 0.3 is 5.97 Å². The minimum Gasteiger partial charge on any atom is -0.484 e. The van der Waals surface area contributed by atoms with Crippen LogP contribution in [0, 0.1) is 11.3 Å². The van der Waals surface area contributed by atoms with E-state index >= 15 is 0 Å². The first-order valence-electron chi connectivity index (χ1n) is 7.15. The number of carbonyl (C=O) groups is 2. The summed E-state index contributed by atoms with van der Waals surface area (Å²) in [4.78, 5) is 25.3. The van der Waals surface area contributed by atoms with Gasteiger partial charge in [-0.2, -0.15) is 0 Å². The summed E-state index contributed by atoms with van der Waals surface area (Å²) in [5.74, 6) is -0.361. The fourth-order valence-corrected chi connectivity index (χ4v) is 2.69. The third-order valence-corrected chi connectivity index (χ3v) is 4.29. The van der Waals surface area contributed by atoms with Gasteiger partial charge in [0, 0.05) is 13.1 Å². The highest BCUT2D eigenvalue weighted by molar-refractivity contribution is 5.81. The highest BCUT2D eigenvalue weighted by atomic mass is 16.5. The maximum Gasteiger partial charge on any atom is 0.311 e. The fourth-order valence-electron chi connectivity index (χ4n) is 2.69. The summed E-state index contributed by atoms with van der Waals surface area (Å²) in [6.45, 7) is 4.46. The highest BCUT2D eigenvalue weighted by Gasteiger charge is 2.48. The molecule has 1 saturated heterocycles. The minimum atomic E-state index is -0.831. The third kappa shape index (κ3) is 3.17. The predicted molar refractivity (Wildman–Crippen MR) is 78.0 cm³/mol. The second-order valence-corrected chi connectivity index (χ2v) is 5.78. The molecule has 5 nitrogen and oxygen atoms in total. The Hall–Kier alpha value is -2.04. The molecular weight excluding hydrogens is 270 g/mol. The van der Waals surface area contributed by atoms with Gasteiger partial charge in [-0.05, 0) is 24.5 Å². The van der Waals surface area contributed by atoms with Gasteiger partial charge in [0.15, 0.2) is 6.61 Å². The summed E-state index contributed by atoms with van der Waals surface area (Å²) in [5, 5.41) is 9.47. The molecule has 1 amide bonds. The normalized spacial score (nSPS) is 21.6. The van der Waals surface area contributed by atoms with E-state index in [0.29, 0.717) is 18.7 Å². The van der Waals surface area contributed by atoms with E-state index < -0.39 is 11.4 Å². The molecule has 1 aromatic carbocycles. The maximum absolute atomic E-state index is 12.2. The molecule has 114 valence electrons. The van der Waals surface area contributed by atoms with Crippen molar-refractivity contribution >= 4 is 11.9 Å². The van der Waals surface area contributed by atoms with Crippen molar-refractivity contribution in [3.63, 3.8) is 0 Å². The summed E-state index contributed by atoms with van der Waals surface area (Å²) in [7, 11) is 0. The molecule has 21 heavy (non-hydrogen) atoms. The first kappa shape index (κ1) is 15.4. The Bertz CT molecular complexity index is 514. The van der Waals surface area contributed by atoms with Crippen molar-refractivity contribution in [1.82, 2.24) is 4.90 Å². The summed E-state index contributed by atoms with van der Waals surface area (Å²) in [5.41, 5.74) is -0.831. The van der Waals surface area contributed by atoms with Gasteiger partial charge in [-0.25, -0.2) is 0 Å². The Labute approximate surface area is 124 Å². The Morgan fingerprint density at radius 3 is 2.52 bits per heavy atom. The van der Waals surface area contributed by atoms with E-state index in [4.69, 9.17) is 4.74 Å². The lowest BCUT2D eigenvalue weighted by Crippen LogP contribution is -2.41. The number of aliphatic carboxylic acids is 1. The first-order valence-corrected chi connectivity index (χ1v) is 7.15. The van der Waals surface area contributed by atoms with Crippen molar-refractivity contribution in [2.75, 3.05) is 19.7 Å². The van der Waals surface area contributed by atoms with Crippen molar-refractivity contribution in [2.45, 2.75) is 20.3 Å². The van der Waals surface area contributed by atoms with Crippen LogP contribution in [0.1, 0.15) is 20.3 Å². The van der Waals surface area contributed by atoms with E-state index in [-0.39, 0.29) is 25.0 Å². The average molecular weight is 291 g/mol. The van der Waals surface area contributed by atoms with Crippen LogP contribution in [-0.4, -0.2) is 41.6 Å². The fraction of sp³-hybridized carbons (Fsp3) is 0.500. The van der Waals surface area contributed by atoms with Gasteiger partial charge in [-0.3, -0.25) is 9.59 Å². The molecule has 1 heterocycles. The molecule has 1 aliphatic heterocycles. The molecule has 1 aliphatic rings. The number of carbonyl (C=O) groups excluding carboxylic acids is 1. The van der Waals surface area contributed by atoms with E-state index in [1.165, 1.54) is 0 Å². The second-order valence-electron chi connectivity index (χ2n) is 5.78. The Kier molecular flexibility index (Phi) is 4.50. The minimum absolute atomic E-state index is 0.0113. The number of carboxylic acid groups (broad SMARTS) is 1. The number of para-hydroxylation sites is 1. The summed E-state index contributed by atoms with van der Waals surface area (Å²) >= 11 is 0. The molecule has 0 radical (unpaired) electrons. The molecule has 1 fully saturated rings. The van der Waals surface area contributed by atoms with Crippen LogP contribution < -0.4 is 4.74 Å². The van der Waals surface area contributed by atoms with E-state index in [1.54, 1.807) is 17.0 Å². The zero-order chi connectivity index (χ0) is 15.5. The van der Waals surface area contributed by atoms with Crippen LogP contribution in [0.5, 0.6) is 5.75 Å². The largest absolute Gasteiger partial charge is 0.484 e. The average Bonchev–Trinajstić information content (AvgIpc) is 2.92. The van der Waals surface area contributed by atoms with Crippen molar-refractivity contribution < 1.29 is 19.4 Å². The van der Waals surface area contributed by atoms with Gasteiger partial charge in [0.2, 0.25) is 0 Å². The lowest BCUT2D eigenvalue weighted by atomic mass is 9.76. The molecule has 0 spiro atoms. The molecule has 0 aromatic heterocycles. The number of amides is 1. The number of hydrogen-bond acceptors (Lipinski definition) is 3. The Morgan fingerprint density at radius 2 is 2.00 bits per heavy atom. The Balaban J connectivity index is 1.94. The van der Waals surface area contributed by atoms with Crippen molar-refractivity contribution in [1.29, 1.82) is 0 Å². The van der Waals surface area contributed by atoms with Crippen molar-refractivity contribution in [2.24, 2.45) is 11.3 Å². The van der Waals surface area contributed by atoms with Gasteiger partial charge in [0.25, 0.3) is 5.91 Å². The number of hydrogen-bond donors (Lipinski definition) is 1. The van der Waals surface area contributed by atoms with Gasteiger partial charge in [-0.15, -0.1) is 0 Å². The van der Waals surface area contributed by atoms with Crippen LogP contribution in [0.25, 0.3) is 0 Å². The summed E-state index contributed by atoms with van der Waals surface area (Å²) in [6.07, 6.45) is 0.497. The summed E-state index contributed by atoms with van der Waals surface area (Å²) < 4.78 is 5.43. The van der Waals surface area contributed by atoms with Gasteiger partial charge in [0.1, 0.15) is 5.75 Å². The lowest BCUT2D eigenvalue weighted by molar-refractivity contribution is -0.151. The second kappa shape index (κ2) is 6.16. The predicted octanol–water partition coefficient (Wildman–Crippen LogP) is 2.02. The zero-order valence-corrected chi connectivity index (χ0v) is 12.4. The standard InChI is InChI=1S/C16H21NO4/c1-12(2)16(15(19)20)8-9-17(11-16)14(18)10-21-13-6-4-3-5-7-13/h3-7,12H,8-11H2,1-2H3,(H,19,20). The SMILES string of the molecule is CC(C)C1(C(=O)O)CCN(C(=O)COc2ccccc2)C1. The van der Waals surface area contributed by atoms with Crippen molar-refractivity contribution in [3.05, 3.63) is 30.3 Å². The molecule has 2 rings (SSSR count). The third-order valence-electron chi connectivity index (χ3n) is 4.29. The number of benzene rings is 1. The van der Waals surface area contributed by atoms with E-state index in [1.807, 2.05) is 32.0 Å². The van der Waals surface area contributed by atoms with Gasteiger partial charge in [0.05, 0.1) is 5.41 Å². The maximum atomic E-state index is 12.2. The van der Waals surface area contributed by atoms with E-state index in [2.05, 4.69) is 0 Å². The summed E-state index contributed by atoms with van der Waals surface area (Å²) in [6, 6.07) is 9.12. The molecule has 0 bridgehead atoms. The molecule has 1 aromatic rings. The molecule has 5 heteroatoms. The number of likely N-dealkylation sites (tertiary alicyclic amines) is 1. The molecule has 0 aliphatic carbocycles. The van der Waals surface area contributed by atoms with Crippen LogP contribution >= 0.6 is 0 Å². The zero-order valence-electron chi connectivity index (χ0n) is 12.4. The number of carboxylic acids is 1. The topological polar surface area (TPSA) is 66.8 Å². The van der Waals surface area contributed by atoms with Crippen LogP contribution in [0.15, 0.2) is 30.3 Å². The van der Waals surface area contributed by atoms with Crippen LogP contribution in [0.3, 0.4) is 0 Å². The molecule has 1 N–H and O–H groups in total.